The van der Waals surface area contributed by atoms with E-state index in [4.69, 9.17) is 0 Å². The van der Waals surface area contributed by atoms with Crippen LogP contribution in [0, 0.1) is 5.92 Å². The largest absolute Gasteiger partial charge is 0.344 e. The molecule has 0 aromatic carbocycles. The van der Waals surface area contributed by atoms with E-state index in [9.17, 15) is 28.8 Å². The first-order chi connectivity index (χ1) is 16.4. The number of amides is 5. The SMILES string of the molecule is CC[C@H](C)[C@@H]1NC(=O)[C@H](C)NC(=O)[C@H](C)NC(=O)[C@@H](NC(C)=O)CSC(=O)[C@H](CCSC)NC1=O. The summed E-state index contributed by atoms with van der Waals surface area (Å²) in [6, 6.07) is -4.81. The van der Waals surface area contributed by atoms with E-state index in [2.05, 4.69) is 26.6 Å². The smallest absolute Gasteiger partial charge is 0.244 e. The van der Waals surface area contributed by atoms with Crippen LogP contribution in [-0.2, 0) is 28.8 Å². The minimum absolute atomic E-state index is 0.0772. The van der Waals surface area contributed by atoms with Gasteiger partial charge in [0.15, 0.2) is 0 Å². The molecule has 0 spiro atoms. The molecule has 0 radical (unpaired) electrons. The minimum Gasteiger partial charge on any atom is -0.344 e. The van der Waals surface area contributed by atoms with Gasteiger partial charge in [-0.25, -0.2) is 0 Å². The second-order valence-corrected chi connectivity index (χ2v) is 10.6. The summed E-state index contributed by atoms with van der Waals surface area (Å²) in [5.74, 6) is -2.50. The van der Waals surface area contributed by atoms with Gasteiger partial charge in [-0.3, -0.25) is 28.8 Å². The molecule has 11 nitrogen and oxygen atoms in total. The molecule has 5 amide bonds. The van der Waals surface area contributed by atoms with E-state index in [1.807, 2.05) is 20.1 Å². The normalized spacial score (nSPS) is 28.3. The molecule has 0 aromatic heterocycles. The Morgan fingerprint density at radius 3 is 2.11 bits per heavy atom. The van der Waals surface area contributed by atoms with Gasteiger partial charge in [0.25, 0.3) is 0 Å². The number of hydrogen-bond acceptors (Lipinski definition) is 8. The van der Waals surface area contributed by atoms with Gasteiger partial charge in [0.05, 0.1) is 6.04 Å². The summed E-state index contributed by atoms with van der Waals surface area (Å²) in [6.07, 6.45) is 2.84. The van der Waals surface area contributed by atoms with E-state index in [0.29, 0.717) is 18.6 Å². The minimum atomic E-state index is -1.07. The van der Waals surface area contributed by atoms with Crippen molar-refractivity contribution in [1.82, 2.24) is 26.6 Å². The highest BCUT2D eigenvalue weighted by Crippen LogP contribution is 2.15. The van der Waals surface area contributed by atoms with Crippen molar-refractivity contribution in [2.24, 2.45) is 5.92 Å². The van der Waals surface area contributed by atoms with Crippen LogP contribution in [0.15, 0.2) is 0 Å². The molecular weight excluding hydrogens is 494 g/mol. The molecule has 6 atom stereocenters. The number of hydrogen-bond donors (Lipinski definition) is 5. The molecule has 5 N–H and O–H groups in total. The number of rotatable bonds is 6. The van der Waals surface area contributed by atoms with Gasteiger partial charge < -0.3 is 26.6 Å². The molecule has 1 saturated heterocycles. The van der Waals surface area contributed by atoms with Gasteiger partial charge in [-0.15, -0.1) is 0 Å². The fraction of sp³-hybridized carbons (Fsp3) is 0.727. The second kappa shape index (κ2) is 15.0. The zero-order chi connectivity index (χ0) is 26.7. The van der Waals surface area contributed by atoms with Crippen LogP contribution in [0.5, 0.6) is 0 Å². The fourth-order valence-electron chi connectivity index (χ4n) is 3.20. The average molecular weight is 532 g/mol. The molecule has 0 saturated carbocycles. The maximum atomic E-state index is 13.2. The molecule has 1 fully saturated rings. The molecule has 1 heterocycles. The standard InChI is InChI=1S/C22H37N5O6S2/c1-7-11(2)17-21(32)26-15(8-9-34-6)22(33)35-10-16(25-14(5)28)20(31)24-12(3)18(29)23-13(4)19(30)27-17/h11-13,15-17H,7-10H2,1-6H3,(H,23,29)(H,24,31)(H,25,28)(H,26,32)(H,27,30)/t11-,12-,13-,15-,16-,17-/m0/s1. The van der Waals surface area contributed by atoms with Gasteiger partial charge in [-0.2, -0.15) is 11.8 Å². The Morgan fingerprint density at radius 2 is 1.57 bits per heavy atom. The Kier molecular flexibility index (Phi) is 13.2. The van der Waals surface area contributed by atoms with Crippen LogP contribution in [0.1, 0.15) is 47.5 Å². The molecule has 1 rings (SSSR count). The summed E-state index contributed by atoms with van der Waals surface area (Å²) in [6.45, 7) is 7.85. The van der Waals surface area contributed by atoms with Crippen molar-refractivity contribution in [3.8, 4) is 0 Å². The van der Waals surface area contributed by atoms with Crippen molar-refractivity contribution in [2.45, 2.75) is 77.7 Å². The first-order valence-corrected chi connectivity index (χ1v) is 13.9. The summed E-state index contributed by atoms with van der Waals surface area (Å²) in [5, 5.41) is 12.6. The molecule has 0 aliphatic carbocycles. The number of nitrogens with one attached hydrogen (secondary N) is 5. The van der Waals surface area contributed by atoms with Gasteiger partial charge in [0.2, 0.25) is 34.7 Å². The fourth-order valence-corrected chi connectivity index (χ4v) is 4.62. The molecule has 13 heteroatoms. The molecular formula is C22H37N5O6S2. The van der Waals surface area contributed by atoms with Gasteiger partial charge in [-0.05, 0) is 38.2 Å². The van der Waals surface area contributed by atoms with Crippen molar-refractivity contribution in [2.75, 3.05) is 17.8 Å². The number of carbonyl (C=O) groups is 6. The summed E-state index contributed by atoms with van der Waals surface area (Å²) in [5.41, 5.74) is 0. The number of carbonyl (C=O) groups excluding carboxylic acids is 6. The summed E-state index contributed by atoms with van der Waals surface area (Å²) in [4.78, 5) is 75.8. The Balaban J connectivity index is 3.31. The van der Waals surface area contributed by atoms with Gasteiger partial charge in [0, 0.05) is 12.7 Å². The first kappa shape index (κ1) is 30.8. The predicted octanol–water partition coefficient (Wildman–Crippen LogP) is -0.457. The van der Waals surface area contributed by atoms with E-state index in [1.165, 1.54) is 32.5 Å². The van der Waals surface area contributed by atoms with Crippen LogP contribution < -0.4 is 26.6 Å². The van der Waals surface area contributed by atoms with Gasteiger partial charge in [-0.1, -0.05) is 32.0 Å². The van der Waals surface area contributed by atoms with Gasteiger partial charge in [0.1, 0.15) is 24.2 Å². The summed E-state index contributed by atoms with van der Waals surface area (Å²) < 4.78 is 0. The van der Waals surface area contributed by atoms with Crippen molar-refractivity contribution in [1.29, 1.82) is 0 Å². The number of thioether (sulfide) groups is 2. The van der Waals surface area contributed by atoms with Crippen LogP contribution in [0.2, 0.25) is 0 Å². The van der Waals surface area contributed by atoms with Crippen molar-refractivity contribution < 1.29 is 28.8 Å². The lowest BCUT2D eigenvalue weighted by molar-refractivity contribution is -0.134. The highest BCUT2D eigenvalue weighted by molar-refractivity contribution is 8.13. The monoisotopic (exact) mass is 531 g/mol. The quantitative estimate of drug-likeness (QED) is 0.308. The zero-order valence-electron chi connectivity index (χ0n) is 21.1. The highest BCUT2D eigenvalue weighted by Gasteiger charge is 2.33. The van der Waals surface area contributed by atoms with Crippen LogP contribution in [0.25, 0.3) is 0 Å². The molecule has 1 aliphatic rings. The molecule has 198 valence electrons. The van der Waals surface area contributed by atoms with E-state index >= 15 is 0 Å². The molecule has 0 aromatic rings. The maximum Gasteiger partial charge on any atom is 0.244 e. The van der Waals surface area contributed by atoms with Crippen molar-refractivity contribution in [3.63, 3.8) is 0 Å². The zero-order valence-corrected chi connectivity index (χ0v) is 22.7. The van der Waals surface area contributed by atoms with Crippen LogP contribution in [0.3, 0.4) is 0 Å². The average Bonchev–Trinajstić information content (AvgIpc) is 2.80. The van der Waals surface area contributed by atoms with Crippen LogP contribution in [0.4, 0.5) is 0 Å². The van der Waals surface area contributed by atoms with Crippen molar-refractivity contribution in [3.05, 3.63) is 0 Å². The molecule has 35 heavy (non-hydrogen) atoms. The molecule has 0 bridgehead atoms. The van der Waals surface area contributed by atoms with E-state index < -0.39 is 59.7 Å². The molecule has 0 unspecified atom stereocenters. The van der Waals surface area contributed by atoms with Crippen LogP contribution in [-0.4, -0.2) is 82.6 Å². The highest BCUT2D eigenvalue weighted by atomic mass is 32.2. The van der Waals surface area contributed by atoms with E-state index in [-0.39, 0.29) is 16.8 Å². The molecule has 1 aliphatic heterocycles. The first-order valence-electron chi connectivity index (χ1n) is 11.5. The van der Waals surface area contributed by atoms with Crippen molar-refractivity contribution >= 4 is 58.2 Å². The summed E-state index contributed by atoms with van der Waals surface area (Å²) >= 11 is 2.34. The third kappa shape index (κ3) is 10.1. The lowest BCUT2D eigenvalue weighted by atomic mass is 9.97. The Morgan fingerprint density at radius 1 is 1.00 bits per heavy atom. The summed E-state index contributed by atoms with van der Waals surface area (Å²) in [7, 11) is 0. The Bertz CT molecular complexity index is 811. The lowest BCUT2D eigenvalue weighted by Gasteiger charge is -2.28. The second-order valence-electron chi connectivity index (χ2n) is 8.56. The van der Waals surface area contributed by atoms with Crippen LogP contribution >= 0.6 is 23.5 Å². The maximum absolute atomic E-state index is 13.2. The third-order valence-electron chi connectivity index (χ3n) is 5.60. The Hall–Kier alpha value is -2.28. The predicted molar refractivity (Wildman–Crippen MR) is 137 cm³/mol. The van der Waals surface area contributed by atoms with Gasteiger partial charge >= 0.3 is 0 Å². The van der Waals surface area contributed by atoms with E-state index in [1.54, 1.807) is 0 Å². The van der Waals surface area contributed by atoms with E-state index in [0.717, 1.165) is 11.8 Å². The topological polar surface area (TPSA) is 163 Å². The lowest BCUT2D eigenvalue weighted by Crippen LogP contribution is -2.59. The Labute approximate surface area is 214 Å². The third-order valence-corrected chi connectivity index (χ3v) is 7.31.